The Morgan fingerprint density at radius 2 is 2.12 bits per heavy atom. The third kappa shape index (κ3) is 3.04. The first-order chi connectivity index (χ1) is 7.56. The molecule has 0 spiro atoms. The molecule has 16 heavy (non-hydrogen) atoms. The van der Waals surface area contributed by atoms with Gasteiger partial charge in [0.2, 0.25) is 0 Å². The smallest absolute Gasteiger partial charge is 0.135 e. The Morgan fingerprint density at radius 3 is 2.69 bits per heavy atom. The van der Waals surface area contributed by atoms with E-state index in [1.807, 2.05) is 13.8 Å². The highest BCUT2D eigenvalue weighted by molar-refractivity contribution is 5.56. The first-order valence-corrected chi connectivity index (χ1v) is 5.19. The second kappa shape index (κ2) is 5.62. The molecule has 1 rings (SSSR count). The van der Waals surface area contributed by atoms with Gasteiger partial charge in [-0.25, -0.2) is 9.97 Å². The maximum atomic E-state index is 9.23. The highest BCUT2D eigenvalue weighted by Crippen LogP contribution is 2.25. The van der Waals surface area contributed by atoms with E-state index in [0.29, 0.717) is 11.6 Å². The molecule has 5 N–H and O–H groups in total. The van der Waals surface area contributed by atoms with Crippen molar-refractivity contribution in [1.82, 2.24) is 9.97 Å². The Balaban J connectivity index is 2.83. The summed E-state index contributed by atoms with van der Waals surface area (Å²) < 4.78 is 0. The van der Waals surface area contributed by atoms with Gasteiger partial charge in [0.15, 0.2) is 0 Å². The van der Waals surface area contributed by atoms with Crippen LogP contribution in [0.3, 0.4) is 0 Å². The quantitative estimate of drug-likeness (QED) is 0.561. The van der Waals surface area contributed by atoms with Crippen LogP contribution in [0, 0.1) is 0 Å². The van der Waals surface area contributed by atoms with Gasteiger partial charge in [-0.15, -0.1) is 0 Å². The molecule has 1 heterocycles. The van der Waals surface area contributed by atoms with Gasteiger partial charge in [0.25, 0.3) is 0 Å². The molecule has 0 aromatic carbocycles. The predicted octanol–water partition coefficient (Wildman–Crippen LogP) is -0.0527. The highest BCUT2D eigenvalue weighted by atomic mass is 16.3. The van der Waals surface area contributed by atoms with Crippen molar-refractivity contribution >= 4 is 11.6 Å². The first kappa shape index (κ1) is 12.7. The van der Waals surface area contributed by atoms with Gasteiger partial charge in [-0.2, -0.15) is 0 Å². The Morgan fingerprint density at radius 1 is 1.44 bits per heavy atom. The lowest BCUT2D eigenvalue weighted by atomic mass is 10.0. The van der Waals surface area contributed by atoms with Crippen molar-refractivity contribution in [2.45, 2.75) is 25.9 Å². The van der Waals surface area contributed by atoms with Gasteiger partial charge in [-0.05, 0) is 5.92 Å². The number of hydrogen-bond donors (Lipinski definition) is 4. The van der Waals surface area contributed by atoms with Gasteiger partial charge < -0.3 is 21.3 Å². The Labute approximate surface area is 94.5 Å². The minimum Gasteiger partial charge on any atom is -0.394 e. The van der Waals surface area contributed by atoms with Crippen LogP contribution in [0.25, 0.3) is 0 Å². The number of aliphatic hydroxyl groups excluding tert-OH is 2. The van der Waals surface area contributed by atoms with E-state index in [0.717, 1.165) is 5.56 Å². The van der Waals surface area contributed by atoms with Crippen molar-refractivity contribution in [3.05, 3.63) is 11.9 Å². The summed E-state index contributed by atoms with van der Waals surface area (Å²) in [7, 11) is 0. The number of nitrogens with two attached hydrogens (primary N) is 1. The molecule has 0 radical (unpaired) electrons. The Hall–Kier alpha value is -1.40. The van der Waals surface area contributed by atoms with Crippen molar-refractivity contribution in [1.29, 1.82) is 0 Å². The molecule has 0 bridgehead atoms. The third-order valence-electron chi connectivity index (χ3n) is 2.21. The molecule has 6 nitrogen and oxygen atoms in total. The SMILES string of the molecule is CC(C)c1c(N)ncnc1NCC(O)CO. The summed E-state index contributed by atoms with van der Waals surface area (Å²) in [4.78, 5) is 8.00. The highest BCUT2D eigenvalue weighted by Gasteiger charge is 2.13. The zero-order valence-corrected chi connectivity index (χ0v) is 9.51. The van der Waals surface area contributed by atoms with Gasteiger partial charge >= 0.3 is 0 Å². The molecule has 0 aliphatic rings. The number of hydrogen-bond acceptors (Lipinski definition) is 6. The lowest BCUT2D eigenvalue weighted by molar-refractivity contribution is 0.105. The van der Waals surface area contributed by atoms with Crippen molar-refractivity contribution in [3.63, 3.8) is 0 Å². The van der Waals surface area contributed by atoms with E-state index in [4.69, 9.17) is 10.8 Å². The van der Waals surface area contributed by atoms with Crippen LogP contribution in [0.4, 0.5) is 11.6 Å². The fourth-order valence-electron chi connectivity index (χ4n) is 1.40. The average molecular weight is 226 g/mol. The molecule has 1 aromatic rings. The fraction of sp³-hybridized carbons (Fsp3) is 0.600. The summed E-state index contributed by atoms with van der Waals surface area (Å²) in [5.41, 5.74) is 6.58. The van der Waals surface area contributed by atoms with Crippen LogP contribution in [-0.4, -0.2) is 39.4 Å². The lowest BCUT2D eigenvalue weighted by Gasteiger charge is -2.16. The summed E-state index contributed by atoms with van der Waals surface area (Å²) in [6.45, 7) is 3.92. The maximum Gasteiger partial charge on any atom is 0.135 e. The molecule has 1 aromatic heterocycles. The second-order valence-corrected chi connectivity index (χ2v) is 3.89. The molecule has 0 aliphatic heterocycles. The molecule has 0 saturated carbocycles. The van der Waals surface area contributed by atoms with Crippen LogP contribution >= 0.6 is 0 Å². The number of anilines is 2. The second-order valence-electron chi connectivity index (χ2n) is 3.89. The summed E-state index contributed by atoms with van der Waals surface area (Å²) in [6, 6.07) is 0. The molecule has 90 valence electrons. The standard InChI is InChI=1S/C10H18N4O2/c1-6(2)8-9(11)13-5-14-10(8)12-3-7(16)4-15/h5-7,15-16H,3-4H2,1-2H3,(H3,11,12,13,14). The van der Waals surface area contributed by atoms with Crippen LogP contribution in [0.15, 0.2) is 6.33 Å². The molecule has 0 amide bonds. The number of aliphatic hydroxyl groups is 2. The van der Waals surface area contributed by atoms with E-state index in [1.54, 1.807) is 0 Å². The number of rotatable bonds is 5. The zero-order chi connectivity index (χ0) is 12.1. The predicted molar refractivity (Wildman–Crippen MR) is 62.1 cm³/mol. The van der Waals surface area contributed by atoms with Crippen LogP contribution in [0.2, 0.25) is 0 Å². The molecule has 6 heteroatoms. The van der Waals surface area contributed by atoms with Crippen LogP contribution in [0.5, 0.6) is 0 Å². The monoisotopic (exact) mass is 226 g/mol. The Bertz CT molecular complexity index is 344. The average Bonchev–Trinajstić information content (AvgIpc) is 2.25. The zero-order valence-electron chi connectivity index (χ0n) is 9.51. The minimum absolute atomic E-state index is 0.190. The van der Waals surface area contributed by atoms with Crippen LogP contribution in [0.1, 0.15) is 25.3 Å². The summed E-state index contributed by atoms with van der Waals surface area (Å²) in [6.07, 6.45) is 0.561. The Kier molecular flexibility index (Phi) is 4.45. The van der Waals surface area contributed by atoms with Crippen molar-refractivity contribution in [2.75, 3.05) is 24.2 Å². The van der Waals surface area contributed by atoms with E-state index in [9.17, 15) is 5.11 Å². The lowest BCUT2D eigenvalue weighted by Crippen LogP contribution is -2.24. The number of nitrogen functional groups attached to an aromatic ring is 1. The summed E-state index contributed by atoms with van der Waals surface area (Å²) in [5, 5.41) is 20.9. The normalized spacial score (nSPS) is 12.8. The van der Waals surface area contributed by atoms with E-state index in [-0.39, 0.29) is 19.1 Å². The van der Waals surface area contributed by atoms with Crippen molar-refractivity contribution in [3.8, 4) is 0 Å². The van der Waals surface area contributed by atoms with E-state index < -0.39 is 6.10 Å². The molecular formula is C10H18N4O2. The maximum absolute atomic E-state index is 9.23. The van der Waals surface area contributed by atoms with Gasteiger partial charge in [-0.1, -0.05) is 13.8 Å². The molecule has 0 saturated heterocycles. The molecule has 1 atom stereocenters. The summed E-state index contributed by atoms with van der Waals surface area (Å²) >= 11 is 0. The molecule has 0 fully saturated rings. The topological polar surface area (TPSA) is 104 Å². The van der Waals surface area contributed by atoms with Crippen molar-refractivity contribution < 1.29 is 10.2 Å². The molecule has 0 aliphatic carbocycles. The number of nitrogens with one attached hydrogen (secondary N) is 1. The van der Waals surface area contributed by atoms with Crippen molar-refractivity contribution in [2.24, 2.45) is 0 Å². The molecule has 1 unspecified atom stereocenters. The van der Waals surface area contributed by atoms with E-state index in [2.05, 4.69) is 15.3 Å². The van der Waals surface area contributed by atoms with E-state index in [1.165, 1.54) is 6.33 Å². The molecular weight excluding hydrogens is 208 g/mol. The van der Waals surface area contributed by atoms with E-state index >= 15 is 0 Å². The van der Waals surface area contributed by atoms with Crippen LogP contribution < -0.4 is 11.1 Å². The third-order valence-corrected chi connectivity index (χ3v) is 2.21. The number of aromatic nitrogens is 2. The van der Waals surface area contributed by atoms with Crippen LogP contribution in [-0.2, 0) is 0 Å². The number of nitrogens with zero attached hydrogens (tertiary/aromatic N) is 2. The summed E-state index contributed by atoms with van der Waals surface area (Å²) in [5.74, 6) is 1.23. The largest absolute Gasteiger partial charge is 0.394 e. The van der Waals surface area contributed by atoms with Gasteiger partial charge in [0.1, 0.15) is 18.0 Å². The first-order valence-electron chi connectivity index (χ1n) is 5.19. The minimum atomic E-state index is -0.809. The van der Waals surface area contributed by atoms with Gasteiger partial charge in [0.05, 0.1) is 12.7 Å². The van der Waals surface area contributed by atoms with Gasteiger partial charge in [0, 0.05) is 12.1 Å². The van der Waals surface area contributed by atoms with Gasteiger partial charge in [-0.3, -0.25) is 0 Å². The fourth-order valence-corrected chi connectivity index (χ4v) is 1.40.